The Kier molecular flexibility index (Phi) is 8.22. The van der Waals surface area contributed by atoms with Crippen LogP contribution >= 0.6 is 11.6 Å². The summed E-state index contributed by atoms with van der Waals surface area (Å²) in [6.45, 7) is 6.27. The number of amides is 1. The zero-order valence-electron chi connectivity index (χ0n) is 19.7. The maximum atomic E-state index is 12.9. The molecule has 1 heterocycles. The van der Waals surface area contributed by atoms with E-state index in [1.807, 2.05) is 84.6 Å². The molecule has 0 unspecified atom stereocenters. The second-order valence-corrected chi connectivity index (χ2v) is 9.10. The van der Waals surface area contributed by atoms with Crippen molar-refractivity contribution in [2.75, 3.05) is 39.8 Å². The van der Waals surface area contributed by atoms with Gasteiger partial charge in [-0.2, -0.15) is 0 Å². The standard InChI is InChI=1S/C28H31ClN2O3/c1-21-5-3-7-24(17-21)28(32)31-15-13-30(14-16-31)19-27(23-9-11-25(29)12-10-23)34-20-22-6-4-8-26(18-22)33-2/h3-12,17-18,27H,13-16,19-20H2,1-2H3/t27-/m0/s1. The zero-order valence-corrected chi connectivity index (χ0v) is 20.5. The molecule has 34 heavy (non-hydrogen) atoms. The molecule has 0 aromatic heterocycles. The first-order valence-corrected chi connectivity index (χ1v) is 12.0. The fraction of sp³-hybridized carbons (Fsp3) is 0.321. The van der Waals surface area contributed by atoms with Crippen LogP contribution in [0.3, 0.4) is 0 Å². The van der Waals surface area contributed by atoms with Crippen LogP contribution in [0.2, 0.25) is 5.02 Å². The van der Waals surface area contributed by atoms with Gasteiger partial charge >= 0.3 is 0 Å². The number of carbonyl (C=O) groups is 1. The van der Waals surface area contributed by atoms with Crippen LogP contribution in [-0.2, 0) is 11.3 Å². The molecule has 1 atom stereocenters. The number of rotatable bonds is 8. The van der Waals surface area contributed by atoms with Crippen LogP contribution < -0.4 is 4.74 Å². The average molecular weight is 479 g/mol. The number of methoxy groups -OCH3 is 1. The second-order valence-electron chi connectivity index (χ2n) is 8.67. The van der Waals surface area contributed by atoms with Crippen LogP contribution in [0.15, 0.2) is 72.8 Å². The van der Waals surface area contributed by atoms with Gasteiger partial charge in [0, 0.05) is 43.3 Å². The predicted octanol–water partition coefficient (Wildman–Crippen LogP) is 5.37. The summed E-state index contributed by atoms with van der Waals surface area (Å²) >= 11 is 6.12. The molecule has 1 fully saturated rings. The van der Waals surface area contributed by atoms with E-state index in [0.717, 1.165) is 47.6 Å². The molecule has 0 bridgehead atoms. The first kappa shape index (κ1) is 24.3. The fourth-order valence-corrected chi connectivity index (χ4v) is 4.35. The molecule has 0 spiro atoms. The number of benzene rings is 3. The molecule has 1 saturated heterocycles. The molecule has 0 aliphatic carbocycles. The Morgan fingerprint density at radius 1 is 0.971 bits per heavy atom. The Labute approximate surface area is 206 Å². The molecule has 0 radical (unpaired) electrons. The molecule has 0 saturated carbocycles. The van der Waals surface area contributed by atoms with Gasteiger partial charge in [-0.05, 0) is 54.4 Å². The molecule has 0 N–H and O–H groups in total. The molecule has 4 rings (SSSR count). The lowest BCUT2D eigenvalue weighted by Crippen LogP contribution is -2.49. The molecule has 1 aliphatic heterocycles. The van der Waals surface area contributed by atoms with Gasteiger partial charge in [0.25, 0.3) is 5.91 Å². The van der Waals surface area contributed by atoms with Crippen molar-refractivity contribution in [2.24, 2.45) is 0 Å². The van der Waals surface area contributed by atoms with Crippen molar-refractivity contribution in [1.82, 2.24) is 9.80 Å². The molecule has 6 heteroatoms. The SMILES string of the molecule is COc1cccc(CO[C@@H](CN2CCN(C(=O)c3cccc(C)c3)CC2)c2ccc(Cl)cc2)c1. The zero-order chi connectivity index (χ0) is 23.9. The van der Waals surface area contributed by atoms with E-state index in [2.05, 4.69) is 4.90 Å². The minimum absolute atomic E-state index is 0.104. The maximum Gasteiger partial charge on any atom is 0.253 e. The van der Waals surface area contributed by atoms with Crippen molar-refractivity contribution in [3.8, 4) is 5.75 Å². The third-order valence-corrected chi connectivity index (χ3v) is 6.43. The summed E-state index contributed by atoms with van der Waals surface area (Å²) in [5.74, 6) is 0.922. The number of hydrogen-bond donors (Lipinski definition) is 0. The first-order chi connectivity index (χ1) is 16.5. The van der Waals surface area contributed by atoms with E-state index in [1.54, 1.807) is 7.11 Å². The molecular weight excluding hydrogens is 448 g/mol. The lowest BCUT2D eigenvalue weighted by atomic mass is 10.1. The number of hydrogen-bond acceptors (Lipinski definition) is 4. The fourth-order valence-electron chi connectivity index (χ4n) is 4.22. The Balaban J connectivity index is 1.39. The monoisotopic (exact) mass is 478 g/mol. The molecular formula is C28H31ClN2O3. The molecule has 3 aromatic carbocycles. The van der Waals surface area contributed by atoms with Gasteiger partial charge in [0.1, 0.15) is 5.75 Å². The van der Waals surface area contributed by atoms with Crippen LogP contribution in [0.4, 0.5) is 0 Å². The van der Waals surface area contributed by atoms with E-state index in [1.165, 1.54) is 0 Å². The van der Waals surface area contributed by atoms with Gasteiger partial charge in [0.15, 0.2) is 0 Å². The van der Waals surface area contributed by atoms with Crippen LogP contribution in [-0.4, -0.2) is 55.5 Å². The second kappa shape index (κ2) is 11.5. The Hall–Kier alpha value is -2.86. The van der Waals surface area contributed by atoms with Crippen molar-refractivity contribution >= 4 is 17.5 Å². The van der Waals surface area contributed by atoms with Gasteiger partial charge in [-0.3, -0.25) is 9.69 Å². The van der Waals surface area contributed by atoms with Crippen molar-refractivity contribution in [1.29, 1.82) is 0 Å². The Morgan fingerprint density at radius 3 is 2.41 bits per heavy atom. The van der Waals surface area contributed by atoms with Crippen LogP contribution in [0.25, 0.3) is 0 Å². The summed E-state index contributed by atoms with van der Waals surface area (Å²) in [6, 6.07) is 23.6. The highest BCUT2D eigenvalue weighted by atomic mass is 35.5. The van der Waals surface area contributed by atoms with Crippen molar-refractivity contribution in [3.05, 3.63) is 100 Å². The van der Waals surface area contributed by atoms with E-state index in [-0.39, 0.29) is 12.0 Å². The highest BCUT2D eigenvalue weighted by molar-refractivity contribution is 6.30. The van der Waals surface area contributed by atoms with Crippen molar-refractivity contribution < 1.29 is 14.3 Å². The van der Waals surface area contributed by atoms with Crippen molar-refractivity contribution in [2.45, 2.75) is 19.6 Å². The largest absolute Gasteiger partial charge is 0.497 e. The quantitative estimate of drug-likeness (QED) is 0.436. The van der Waals surface area contributed by atoms with Gasteiger partial charge in [0.2, 0.25) is 0 Å². The highest BCUT2D eigenvalue weighted by Gasteiger charge is 2.25. The predicted molar refractivity (Wildman–Crippen MR) is 135 cm³/mol. The highest BCUT2D eigenvalue weighted by Crippen LogP contribution is 2.24. The van der Waals surface area contributed by atoms with E-state index in [0.29, 0.717) is 24.7 Å². The van der Waals surface area contributed by atoms with Gasteiger partial charge in [-0.1, -0.05) is 53.6 Å². The lowest BCUT2D eigenvalue weighted by molar-refractivity contribution is 0.00337. The molecule has 1 amide bonds. The van der Waals surface area contributed by atoms with Crippen LogP contribution in [0.5, 0.6) is 5.75 Å². The Bertz CT molecular complexity index is 1090. The average Bonchev–Trinajstić information content (AvgIpc) is 2.87. The number of nitrogens with zero attached hydrogens (tertiary/aromatic N) is 2. The summed E-state index contributed by atoms with van der Waals surface area (Å²) in [7, 11) is 1.67. The summed E-state index contributed by atoms with van der Waals surface area (Å²) < 4.78 is 11.7. The van der Waals surface area contributed by atoms with Crippen LogP contribution in [0, 0.1) is 6.92 Å². The molecule has 3 aromatic rings. The number of halogens is 1. The number of carbonyl (C=O) groups excluding carboxylic acids is 1. The third-order valence-electron chi connectivity index (χ3n) is 6.18. The van der Waals surface area contributed by atoms with E-state index >= 15 is 0 Å². The maximum absolute atomic E-state index is 12.9. The minimum atomic E-state index is -0.109. The molecule has 178 valence electrons. The Morgan fingerprint density at radius 2 is 1.71 bits per heavy atom. The molecule has 5 nitrogen and oxygen atoms in total. The normalized spacial score (nSPS) is 15.2. The topological polar surface area (TPSA) is 42.0 Å². The van der Waals surface area contributed by atoms with Gasteiger partial charge < -0.3 is 14.4 Å². The number of ether oxygens (including phenoxy) is 2. The summed E-state index contributed by atoms with van der Waals surface area (Å²) in [6.07, 6.45) is -0.109. The molecule has 1 aliphatic rings. The van der Waals surface area contributed by atoms with Gasteiger partial charge in [0.05, 0.1) is 19.8 Å². The summed E-state index contributed by atoms with van der Waals surface area (Å²) in [5.41, 5.74) is 4.01. The lowest BCUT2D eigenvalue weighted by Gasteiger charge is -2.36. The smallest absolute Gasteiger partial charge is 0.253 e. The summed E-state index contributed by atoms with van der Waals surface area (Å²) in [4.78, 5) is 17.2. The number of piperazine rings is 1. The van der Waals surface area contributed by atoms with E-state index in [9.17, 15) is 4.79 Å². The van der Waals surface area contributed by atoms with E-state index < -0.39 is 0 Å². The minimum Gasteiger partial charge on any atom is -0.497 e. The van der Waals surface area contributed by atoms with Gasteiger partial charge in [-0.15, -0.1) is 0 Å². The van der Waals surface area contributed by atoms with Gasteiger partial charge in [-0.25, -0.2) is 0 Å². The summed E-state index contributed by atoms with van der Waals surface area (Å²) in [5, 5.41) is 0.707. The first-order valence-electron chi connectivity index (χ1n) is 11.6. The van der Waals surface area contributed by atoms with Crippen molar-refractivity contribution in [3.63, 3.8) is 0 Å². The van der Waals surface area contributed by atoms with E-state index in [4.69, 9.17) is 21.1 Å². The van der Waals surface area contributed by atoms with Crippen LogP contribution in [0.1, 0.15) is 33.2 Å². The number of aryl methyl sites for hydroxylation is 1. The third kappa shape index (κ3) is 6.38.